The number of hydrogen-bond acceptors (Lipinski definition) is 2. The maximum atomic E-state index is 11.4. The van der Waals surface area contributed by atoms with Gasteiger partial charge in [-0.1, -0.05) is 48.5 Å². The number of rotatable bonds is 3. The van der Waals surface area contributed by atoms with E-state index in [0.717, 1.165) is 5.56 Å². The summed E-state index contributed by atoms with van der Waals surface area (Å²) in [5.41, 5.74) is 1.97. The number of aromatic carboxylic acids is 1. The van der Waals surface area contributed by atoms with Gasteiger partial charge in [0.05, 0.1) is 12.9 Å². The van der Waals surface area contributed by atoms with Crippen LogP contribution in [0, 0.1) is 13.8 Å². The second kappa shape index (κ2) is 4.81. The zero-order chi connectivity index (χ0) is 14.0. The van der Waals surface area contributed by atoms with Crippen LogP contribution < -0.4 is 5.11 Å². The zero-order valence-corrected chi connectivity index (χ0v) is 11.1. The van der Waals surface area contributed by atoms with Crippen molar-refractivity contribution in [2.75, 3.05) is 0 Å². The molecule has 0 radical (unpaired) electrons. The molecule has 1 atom stereocenters. The molecule has 0 aromatic heterocycles. The lowest BCUT2D eigenvalue weighted by Crippen LogP contribution is -2.30. The van der Waals surface area contributed by atoms with Crippen molar-refractivity contribution in [1.29, 1.82) is 0 Å². The lowest BCUT2D eigenvalue weighted by Gasteiger charge is -2.24. The van der Waals surface area contributed by atoms with Crippen LogP contribution in [0.2, 0.25) is 0 Å². The van der Waals surface area contributed by atoms with Gasteiger partial charge in [0.1, 0.15) is 0 Å². The number of carbonyl (C=O) groups is 1. The predicted molar refractivity (Wildman–Crippen MR) is 73.8 cm³/mol. The maximum Gasteiger partial charge on any atom is 0.153 e. The van der Waals surface area contributed by atoms with Gasteiger partial charge >= 0.3 is 0 Å². The molecule has 0 aliphatic rings. The Hall–Kier alpha value is -2.22. The average Bonchev–Trinajstić information content (AvgIpc) is 2.39. The molecule has 0 aliphatic carbocycles. The van der Waals surface area contributed by atoms with Crippen LogP contribution in [-0.4, -0.2) is 5.97 Å². The normalized spacial score (nSPS) is 13.8. The first-order chi connectivity index (χ1) is 8.94. The molecular formula is C17H16O2. The largest absolute Gasteiger partial charge is 0.545 e. The number of benzene rings is 2. The number of hydrogen-bond donors (Lipinski definition) is 0. The lowest BCUT2D eigenvalue weighted by atomic mass is 9.75. The fraction of sp³-hybridized carbons (Fsp3) is 0.176. The summed E-state index contributed by atoms with van der Waals surface area (Å²) in [6, 6.07) is 15.1. The molecule has 2 aromatic carbocycles. The van der Waals surface area contributed by atoms with E-state index in [1.54, 1.807) is 19.1 Å². The van der Waals surface area contributed by atoms with E-state index in [1.807, 2.05) is 43.3 Å². The molecule has 2 nitrogen and oxygen atoms in total. The molecule has 2 rings (SSSR count). The maximum absolute atomic E-state index is 11.4. The summed E-state index contributed by atoms with van der Waals surface area (Å²) < 4.78 is 0. The van der Waals surface area contributed by atoms with Crippen molar-refractivity contribution in [2.24, 2.45) is 0 Å². The number of carboxylic acids is 1. The number of carboxylic acid groups (broad SMARTS) is 1. The van der Waals surface area contributed by atoms with Crippen LogP contribution in [0.25, 0.3) is 0 Å². The van der Waals surface area contributed by atoms with E-state index in [1.165, 1.54) is 0 Å². The van der Waals surface area contributed by atoms with E-state index in [0.29, 0.717) is 11.1 Å². The second-order valence-electron chi connectivity index (χ2n) is 4.98. The van der Waals surface area contributed by atoms with Gasteiger partial charge in [-0.25, -0.2) is 0 Å². The fourth-order valence-electron chi connectivity index (χ4n) is 2.36. The first-order valence-corrected chi connectivity index (χ1v) is 6.17. The molecule has 1 unspecified atom stereocenters. The van der Waals surface area contributed by atoms with Gasteiger partial charge in [0.15, 0.2) is 5.41 Å². The number of carbonyl (C=O) groups excluding carboxylic acids is 1. The van der Waals surface area contributed by atoms with Gasteiger partial charge in [-0.2, -0.15) is 0 Å². The van der Waals surface area contributed by atoms with Gasteiger partial charge in [0.2, 0.25) is 0 Å². The van der Waals surface area contributed by atoms with Crippen LogP contribution >= 0.6 is 0 Å². The molecule has 0 saturated heterocycles. The van der Waals surface area contributed by atoms with Crippen molar-refractivity contribution < 1.29 is 9.90 Å². The summed E-state index contributed by atoms with van der Waals surface area (Å²) in [7, 11) is 0. The molecule has 0 bridgehead atoms. The monoisotopic (exact) mass is 252 g/mol. The van der Waals surface area contributed by atoms with Gasteiger partial charge in [-0.3, -0.25) is 0 Å². The van der Waals surface area contributed by atoms with E-state index < -0.39 is 11.4 Å². The Morgan fingerprint density at radius 3 is 2.32 bits per heavy atom. The summed E-state index contributed by atoms with van der Waals surface area (Å²) >= 11 is 0. The van der Waals surface area contributed by atoms with Gasteiger partial charge in [0.25, 0.3) is 0 Å². The van der Waals surface area contributed by atoms with Crippen LogP contribution in [0.1, 0.15) is 34.0 Å². The third-order valence-corrected chi connectivity index (χ3v) is 3.48. The van der Waals surface area contributed by atoms with Gasteiger partial charge in [-0.05, 0) is 19.4 Å². The third kappa shape index (κ3) is 2.34. The lowest BCUT2D eigenvalue weighted by molar-refractivity contribution is -0.255. The van der Waals surface area contributed by atoms with Crippen LogP contribution in [-0.2, 0) is 5.41 Å². The highest BCUT2D eigenvalue weighted by molar-refractivity contribution is 5.90. The Balaban J connectivity index is 2.65. The summed E-state index contributed by atoms with van der Waals surface area (Å²) in [6.45, 7) is 7.90. The van der Waals surface area contributed by atoms with Gasteiger partial charge < -0.3 is 9.90 Å². The van der Waals surface area contributed by atoms with Crippen molar-refractivity contribution in [1.82, 2.24) is 0 Å². The van der Waals surface area contributed by atoms with Crippen LogP contribution in [0.15, 0.2) is 48.5 Å². The quantitative estimate of drug-likeness (QED) is 0.787. The predicted octanol–water partition coefficient (Wildman–Crippen LogP) is 2.50. The Kier molecular flexibility index (Phi) is 3.34. The molecule has 0 fully saturated rings. The minimum absolute atomic E-state index is 0.240. The molecule has 0 aliphatic heterocycles. The van der Waals surface area contributed by atoms with E-state index in [-0.39, 0.29) is 5.56 Å². The molecular weight excluding hydrogens is 236 g/mol. The topological polar surface area (TPSA) is 40.1 Å². The molecule has 0 saturated carbocycles. The van der Waals surface area contributed by atoms with Crippen LogP contribution in [0.4, 0.5) is 0 Å². The van der Waals surface area contributed by atoms with E-state index in [9.17, 15) is 9.90 Å². The Morgan fingerprint density at radius 1 is 1.11 bits per heavy atom. The third-order valence-electron chi connectivity index (χ3n) is 3.48. The first kappa shape index (κ1) is 13.2. The van der Waals surface area contributed by atoms with E-state index in [4.69, 9.17) is 0 Å². The smallest absolute Gasteiger partial charge is 0.153 e. The second-order valence-corrected chi connectivity index (χ2v) is 4.98. The summed E-state index contributed by atoms with van der Waals surface area (Å²) in [6.07, 6.45) is 0. The Bertz CT molecular complexity index is 598. The summed E-state index contributed by atoms with van der Waals surface area (Å²) in [5, 5.41) is 11.4. The Morgan fingerprint density at radius 2 is 1.74 bits per heavy atom. The molecule has 0 N–H and O–H groups in total. The minimum atomic E-state index is -1.15. The minimum Gasteiger partial charge on any atom is -0.545 e. The summed E-state index contributed by atoms with van der Waals surface area (Å²) in [5.74, 6) is -1.15. The molecule has 96 valence electrons. The molecule has 0 heterocycles. The van der Waals surface area contributed by atoms with E-state index >= 15 is 0 Å². The molecule has 2 aromatic rings. The van der Waals surface area contributed by atoms with E-state index in [2.05, 4.69) is 6.92 Å². The highest BCUT2D eigenvalue weighted by Gasteiger charge is 2.33. The molecule has 19 heavy (non-hydrogen) atoms. The van der Waals surface area contributed by atoms with Crippen molar-refractivity contribution in [3.8, 4) is 0 Å². The van der Waals surface area contributed by atoms with Crippen LogP contribution in [0.3, 0.4) is 0 Å². The molecule has 0 spiro atoms. The average molecular weight is 252 g/mol. The van der Waals surface area contributed by atoms with Crippen molar-refractivity contribution >= 4 is 5.97 Å². The van der Waals surface area contributed by atoms with Crippen molar-refractivity contribution in [2.45, 2.75) is 19.3 Å². The Labute approximate surface area is 113 Å². The highest BCUT2D eigenvalue weighted by Crippen LogP contribution is 2.34. The number of aryl methyl sites for hydroxylation is 1. The van der Waals surface area contributed by atoms with Crippen LogP contribution in [0.5, 0.6) is 0 Å². The zero-order valence-electron chi connectivity index (χ0n) is 11.1. The standard InChI is InChI=1S/C17H16O2/c1-12-8-7-11-14(15(12)16(18)19)17(2,3)13-9-5-4-6-10-13/h4-11H,2H2,1,3H3. The SMILES string of the molecule is [CH2+]C(C)(c1ccccc1)c1cccc(C)c1C(=O)[O-]. The molecule has 0 amide bonds. The molecule has 2 heteroatoms. The van der Waals surface area contributed by atoms with Crippen molar-refractivity contribution in [3.63, 3.8) is 0 Å². The first-order valence-electron chi connectivity index (χ1n) is 6.17. The van der Waals surface area contributed by atoms with Gasteiger partial charge in [0, 0.05) is 16.7 Å². The van der Waals surface area contributed by atoms with Gasteiger partial charge in [-0.15, -0.1) is 0 Å². The summed E-state index contributed by atoms with van der Waals surface area (Å²) in [4.78, 5) is 11.4. The highest BCUT2D eigenvalue weighted by atomic mass is 16.4. The van der Waals surface area contributed by atoms with Crippen molar-refractivity contribution in [3.05, 3.63) is 77.7 Å². The fourth-order valence-corrected chi connectivity index (χ4v) is 2.36.